The maximum Gasteiger partial charge on any atom is 0.265 e. The number of rotatable bonds is 6. The summed E-state index contributed by atoms with van der Waals surface area (Å²) in [5, 5.41) is 0.488. The van der Waals surface area contributed by atoms with Gasteiger partial charge in [0.2, 0.25) is 0 Å². The van der Waals surface area contributed by atoms with E-state index in [0.717, 1.165) is 47.7 Å². The van der Waals surface area contributed by atoms with Crippen molar-refractivity contribution in [3.05, 3.63) is 64.7 Å². The molecular weight excluding hydrogens is 442 g/mol. The van der Waals surface area contributed by atoms with Gasteiger partial charge in [0.1, 0.15) is 22.5 Å². The average Bonchev–Trinajstić information content (AvgIpc) is 3.50. The highest BCUT2D eigenvalue weighted by atomic mass is 16.5. The molecule has 0 N–H and O–H groups in total. The van der Waals surface area contributed by atoms with E-state index in [2.05, 4.69) is 0 Å². The standard InChI is InChI=1S/C27H27N5O3/c1-3-22-30-25-23(27(33)31(22)16-19-8-7-15-35-19)24-26(29-21-10-6-5-9-20(21)28-24)32(25)17-11-13-18(14-12-17)34-4-2/h5-6,9-14,19H,3-4,7-8,15-16H2,1-2H3. The van der Waals surface area contributed by atoms with E-state index in [4.69, 9.17) is 24.4 Å². The number of nitrogens with zero attached hydrogens (tertiary/aromatic N) is 5. The van der Waals surface area contributed by atoms with Crippen molar-refractivity contribution < 1.29 is 9.47 Å². The van der Waals surface area contributed by atoms with Crippen LogP contribution in [0.3, 0.4) is 0 Å². The molecule has 0 saturated carbocycles. The Kier molecular flexibility index (Phi) is 5.45. The molecule has 0 amide bonds. The molecule has 4 heterocycles. The minimum Gasteiger partial charge on any atom is -0.494 e. The van der Waals surface area contributed by atoms with Crippen molar-refractivity contribution in [3.8, 4) is 11.4 Å². The fourth-order valence-corrected chi connectivity index (χ4v) is 4.92. The van der Waals surface area contributed by atoms with Crippen molar-refractivity contribution in [2.45, 2.75) is 45.8 Å². The zero-order valence-corrected chi connectivity index (χ0v) is 19.9. The average molecular weight is 470 g/mol. The van der Waals surface area contributed by atoms with Gasteiger partial charge in [0.15, 0.2) is 11.3 Å². The number of fused-ring (bicyclic) bond motifs is 4. The lowest BCUT2D eigenvalue weighted by atomic mass is 10.2. The molecule has 1 saturated heterocycles. The van der Waals surface area contributed by atoms with Crippen LogP contribution in [-0.4, -0.2) is 43.4 Å². The Balaban J connectivity index is 1.67. The summed E-state index contributed by atoms with van der Waals surface area (Å²) in [4.78, 5) is 28.8. The van der Waals surface area contributed by atoms with Gasteiger partial charge >= 0.3 is 0 Å². The minimum absolute atomic E-state index is 0.0311. The summed E-state index contributed by atoms with van der Waals surface area (Å²) in [5.41, 5.74) is 4.02. The number of hydrogen-bond donors (Lipinski definition) is 0. The molecule has 2 aromatic carbocycles. The summed E-state index contributed by atoms with van der Waals surface area (Å²) >= 11 is 0. The summed E-state index contributed by atoms with van der Waals surface area (Å²) in [6, 6.07) is 15.5. The van der Waals surface area contributed by atoms with Gasteiger partial charge < -0.3 is 9.47 Å². The van der Waals surface area contributed by atoms with Crippen molar-refractivity contribution >= 4 is 33.2 Å². The second-order valence-electron chi connectivity index (χ2n) is 8.78. The number of para-hydroxylation sites is 2. The van der Waals surface area contributed by atoms with Crippen LogP contribution in [0.15, 0.2) is 53.3 Å². The molecule has 6 rings (SSSR count). The Bertz CT molecular complexity index is 1600. The van der Waals surface area contributed by atoms with E-state index in [1.54, 1.807) is 4.57 Å². The molecule has 0 aliphatic carbocycles. The maximum atomic E-state index is 14.0. The molecule has 178 valence electrons. The molecule has 1 atom stereocenters. The highest BCUT2D eigenvalue weighted by Gasteiger charge is 2.25. The molecule has 0 bridgehead atoms. The number of benzene rings is 2. The molecule has 8 heteroatoms. The van der Waals surface area contributed by atoms with Gasteiger partial charge in [-0.2, -0.15) is 0 Å². The Labute approximate surface area is 202 Å². The van der Waals surface area contributed by atoms with Crippen LogP contribution >= 0.6 is 0 Å². The molecule has 3 aromatic heterocycles. The summed E-state index contributed by atoms with van der Waals surface area (Å²) in [6.07, 6.45) is 2.63. The van der Waals surface area contributed by atoms with Crippen molar-refractivity contribution in [1.82, 2.24) is 24.1 Å². The van der Waals surface area contributed by atoms with E-state index in [-0.39, 0.29) is 11.7 Å². The molecule has 35 heavy (non-hydrogen) atoms. The summed E-state index contributed by atoms with van der Waals surface area (Å²) < 4.78 is 15.2. The highest BCUT2D eigenvalue weighted by molar-refractivity contribution is 6.05. The summed E-state index contributed by atoms with van der Waals surface area (Å²) in [5.74, 6) is 1.52. The van der Waals surface area contributed by atoms with Crippen LogP contribution < -0.4 is 10.3 Å². The normalized spacial score (nSPS) is 16.0. The number of aromatic nitrogens is 5. The van der Waals surface area contributed by atoms with Crippen LogP contribution in [0.1, 0.15) is 32.5 Å². The first-order chi connectivity index (χ1) is 17.2. The SMILES string of the molecule is CCOc1ccc(-n2c3nc4ccccc4nc3c3c(=O)n(CC4CCCO4)c(CC)nc32)cc1. The van der Waals surface area contributed by atoms with Crippen molar-refractivity contribution in [1.29, 1.82) is 0 Å². The topological polar surface area (TPSA) is 84.1 Å². The quantitative estimate of drug-likeness (QED) is 0.366. The second-order valence-corrected chi connectivity index (χ2v) is 8.78. The summed E-state index contributed by atoms with van der Waals surface area (Å²) in [6.45, 7) is 5.82. The van der Waals surface area contributed by atoms with Gasteiger partial charge in [-0.25, -0.2) is 15.0 Å². The minimum atomic E-state index is -0.0957. The van der Waals surface area contributed by atoms with Gasteiger partial charge in [-0.15, -0.1) is 0 Å². The fourth-order valence-electron chi connectivity index (χ4n) is 4.92. The first-order valence-corrected chi connectivity index (χ1v) is 12.2. The zero-order chi connectivity index (χ0) is 23.9. The number of aryl methyl sites for hydroxylation is 1. The van der Waals surface area contributed by atoms with Crippen molar-refractivity contribution in [3.63, 3.8) is 0 Å². The van der Waals surface area contributed by atoms with Gasteiger partial charge in [-0.05, 0) is 56.2 Å². The van der Waals surface area contributed by atoms with Crippen LogP contribution in [-0.2, 0) is 17.7 Å². The lowest BCUT2D eigenvalue weighted by Gasteiger charge is -2.16. The smallest absolute Gasteiger partial charge is 0.265 e. The predicted octanol–water partition coefficient (Wildman–Crippen LogP) is 4.42. The summed E-state index contributed by atoms with van der Waals surface area (Å²) in [7, 11) is 0. The van der Waals surface area contributed by atoms with Gasteiger partial charge in [-0.3, -0.25) is 13.9 Å². The molecule has 1 unspecified atom stereocenters. The van der Waals surface area contributed by atoms with Crippen LogP contribution in [0.2, 0.25) is 0 Å². The van der Waals surface area contributed by atoms with Gasteiger partial charge in [0.25, 0.3) is 5.56 Å². The number of ether oxygens (including phenoxy) is 2. The third-order valence-corrected chi connectivity index (χ3v) is 6.57. The monoisotopic (exact) mass is 469 g/mol. The first kappa shape index (κ1) is 21.7. The van der Waals surface area contributed by atoms with Gasteiger partial charge in [0, 0.05) is 18.7 Å². The molecule has 0 radical (unpaired) electrons. The first-order valence-electron chi connectivity index (χ1n) is 12.2. The van der Waals surface area contributed by atoms with Crippen LogP contribution in [0, 0.1) is 0 Å². The predicted molar refractivity (Wildman–Crippen MR) is 135 cm³/mol. The largest absolute Gasteiger partial charge is 0.494 e. The second kappa shape index (κ2) is 8.78. The van der Waals surface area contributed by atoms with Gasteiger partial charge in [-0.1, -0.05) is 19.1 Å². The van der Waals surface area contributed by atoms with Gasteiger partial charge in [0.05, 0.1) is 30.3 Å². The maximum absolute atomic E-state index is 14.0. The van der Waals surface area contributed by atoms with Crippen LogP contribution in [0.5, 0.6) is 5.75 Å². The fraction of sp³-hybridized carbons (Fsp3) is 0.333. The van der Waals surface area contributed by atoms with Crippen molar-refractivity contribution in [2.24, 2.45) is 0 Å². The highest BCUT2D eigenvalue weighted by Crippen LogP contribution is 2.30. The molecule has 8 nitrogen and oxygen atoms in total. The molecular formula is C27H27N5O3. The third-order valence-electron chi connectivity index (χ3n) is 6.57. The number of hydrogen-bond acceptors (Lipinski definition) is 6. The van der Waals surface area contributed by atoms with Crippen LogP contribution in [0.4, 0.5) is 0 Å². The van der Waals surface area contributed by atoms with E-state index in [1.807, 2.05) is 66.9 Å². The molecule has 5 aromatic rings. The van der Waals surface area contributed by atoms with Crippen molar-refractivity contribution in [2.75, 3.05) is 13.2 Å². The Morgan fingerprint density at radius 1 is 1.00 bits per heavy atom. The molecule has 1 aliphatic rings. The third kappa shape index (κ3) is 3.65. The van der Waals surface area contributed by atoms with E-state index in [1.165, 1.54) is 0 Å². The Morgan fingerprint density at radius 3 is 2.46 bits per heavy atom. The molecule has 0 spiro atoms. The van der Waals surface area contributed by atoms with Crippen LogP contribution in [0.25, 0.3) is 38.9 Å². The molecule has 1 fully saturated rings. The Hall–Kier alpha value is -3.78. The van der Waals surface area contributed by atoms with E-state index < -0.39 is 0 Å². The molecule has 1 aliphatic heterocycles. The van der Waals surface area contributed by atoms with E-state index in [0.29, 0.717) is 41.8 Å². The van der Waals surface area contributed by atoms with E-state index >= 15 is 0 Å². The van der Waals surface area contributed by atoms with E-state index in [9.17, 15) is 4.79 Å². The lowest BCUT2D eigenvalue weighted by Crippen LogP contribution is -2.30. The Morgan fingerprint density at radius 2 is 1.77 bits per heavy atom. The lowest BCUT2D eigenvalue weighted by molar-refractivity contribution is 0.0953. The zero-order valence-electron chi connectivity index (χ0n) is 19.9.